The zero-order valence-electron chi connectivity index (χ0n) is 16.2. The average Bonchev–Trinajstić information content (AvgIpc) is 2.73. The first-order valence-corrected chi connectivity index (χ1v) is 10.9. The number of fused-ring (bicyclic) bond motifs is 1. The summed E-state index contributed by atoms with van der Waals surface area (Å²) in [6.45, 7) is 3.11. The van der Waals surface area contributed by atoms with Gasteiger partial charge >= 0.3 is 0 Å². The highest BCUT2D eigenvalue weighted by molar-refractivity contribution is 7.86. The molecule has 5 nitrogen and oxygen atoms in total. The molecule has 4 rings (SSSR count). The molecule has 3 aromatic carbocycles. The maximum absolute atomic E-state index is 12.5. The van der Waals surface area contributed by atoms with Crippen molar-refractivity contribution in [2.45, 2.75) is 24.5 Å². The molecule has 0 N–H and O–H groups in total. The molecule has 0 aromatic heterocycles. The Morgan fingerprint density at radius 1 is 0.966 bits per heavy atom. The minimum Gasteiger partial charge on any atom is -0.484 e. The first-order valence-electron chi connectivity index (χ1n) is 9.52. The number of benzene rings is 3. The molecule has 0 fully saturated rings. The molecular weight excluding hydrogens is 386 g/mol. The third-order valence-corrected chi connectivity index (χ3v) is 6.15. The minimum atomic E-state index is -3.83. The van der Waals surface area contributed by atoms with Gasteiger partial charge in [-0.05, 0) is 36.8 Å². The van der Waals surface area contributed by atoms with E-state index >= 15 is 0 Å². The number of nitrogens with zero attached hydrogens (tertiary/aromatic N) is 1. The van der Waals surface area contributed by atoms with Gasteiger partial charge in [0, 0.05) is 6.54 Å². The van der Waals surface area contributed by atoms with Crippen LogP contribution in [-0.2, 0) is 20.8 Å². The highest BCUT2D eigenvalue weighted by atomic mass is 32.2. The van der Waals surface area contributed by atoms with Crippen molar-refractivity contribution in [3.05, 3.63) is 90.0 Å². The highest BCUT2D eigenvalue weighted by Crippen LogP contribution is 2.34. The van der Waals surface area contributed by atoms with Crippen LogP contribution in [0, 0.1) is 6.92 Å². The highest BCUT2D eigenvalue weighted by Gasteiger charge is 2.28. The molecule has 0 spiro atoms. The number of aryl methyl sites for hydroxylation is 1. The fraction of sp³-hybridized carbons (Fsp3) is 0.217. The van der Waals surface area contributed by atoms with Crippen molar-refractivity contribution in [1.82, 2.24) is 0 Å². The predicted octanol–water partition coefficient (Wildman–Crippen LogP) is 4.17. The Bertz CT molecular complexity index is 1070. The van der Waals surface area contributed by atoms with E-state index in [0.717, 1.165) is 17.0 Å². The maximum Gasteiger partial charge on any atom is 0.297 e. The van der Waals surface area contributed by atoms with Crippen LogP contribution in [0.15, 0.2) is 83.8 Å². The van der Waals surface area contributed by atoms with Gasteiger partial charge in [-0.1, -0.05) is 60.2 Å². The number of hydrogen-bond donors (Lipinski definition) is 0. The van der Waals surface area contributed by atoms with Gasteiger partial charge in [-0.15, -0.1) is 0 Å². The van der Waals surface area contributed by atoms with E-state index < -0.39 is 16.2 Å². The molecule has 1 aliphatic rings. The summed E-state index contributed by atoms with van der Waals surface area (Å²) < 4.78 is 36.4. The molecule has 0 radical (unpaired) electrons. The number of hydrogen-bond acceptors (Lipinski definition) is 5. The Morgan fingerprint density at radius 2 is 1.66 bits per heavy atom. The number of para-hydroxylation sites is 2. The summed E-state index contributed by atoms with van der Waals surface area (Å²) in [5.74, 6) is 0.732. The predicted molar refractivity (Wildman–Crippen MR) is 113 cm³/mol. The molecule has 0 amide bonds. The Labute approximate surface area is 171 Å². The fourth-order valence-electron chi connectivity index (χ4n) is 3.36. The molecule has 29 heavy (non-hydrogen) atoms. The first-order chi connectivity index (χ1) is 14.0. The monoisotopic (exact) mass is 409 g/mol. The quantitative estimate of drug-likeness (QED) is 0.572. The van der Waals surface area contributed by atoms with Crippen molar-refractivity contribution in [3.8, 4) is 5.75 Å². The lowest BCUT2D eigenvalue weighted by Crippen LogP contribution is -2.42. The molecule has 1 unspecified atom stereocenters. The number of anilines is 1. The summed E-state index contributed by atoms with van der Waals surface area (Å²) in [6.07, 6.45) is -0.395. The van der Waals surface area contributed by atoms with Gasteiger partial charge in [-0.2, -0.15) is 8.42 Å². The molecule has 0 saturated carbocycles. The van der Waals surface area contributed by atoms with E-state index in [4.69, 9.17) is 8.92 Å². The van der Waals surface area contributed by atoms with Gasteiger partial charge in [0.1, 0.15) is 18.5 Å². The molecule has 0 bridgehead atoms. The topological polar surface area (TPSA) is 55.8 Å². The molecule has 0 saturated heterocycles. The van der Waals surface area contributed by atoms with Crippen LogP contribution in [0.4, 0.5) is 5.69 Å². The van der Waals surface area contributed by atoms with E-state index in [1.165, 1.54) is 5.56 Å². The second-order valence-corrected chi connectivity index (χ2v) is 8.74. The minimum absolute atomic E-state index is 0.0458. The van der Waals surface area contributed by atoms with Gasteiger partial charge in [-0.3, -0.25) is 4.18 Å². The van der Waals surface area contributed by atoms with Crippen LogP contribution < -0.4 is 9.64 Å². The lowest BCUT2D eigenvalue weighted by Gasteiger charge is -2.36. The Kier molecular flexibility index (Phi) is 5.56. The molecular formula is C23H23NO4S. The molecule has 3 aromatic rings. The van der Waals surface area contributed by atoms with E-state index in [9.17, 15) is 8.42 Å². The number of rotatable bonds is 6. The van der Waals surface area contributed by atoms with E-state index in [1.54, 1.807) is 24.3 Å². The summed E-state index contributed by atoms with van der Waals surface area (Å²) in [5, 5.41) is 0. The van der Waals surface area contributed by atoms with Crippen molar-refractivity contribution in [3.63, 3.8) is 0 Å². The van der Waals surface area contributed by atoms with Gasteiger partial charge in [0.2, 0.25) is 0 Å². The van der Waals surface area contributed by atoms with Crippen LogP contribution in [0.5, 0.6) is 5.75 Å². The normalized spacial score (nSPS) is 16.2. The van der Waals surface area contributed by atoms with Crippen LogP contribution in [0.25, 0.3) is 0 Å². The third kappa shape index (κ3) is 4.60. The van der Waals surface area contributed by atoms with Gasteiger partial charge in [0.15, 0.2) is 0 Å². The standard InChI is InChI=1S/C23H23NO4S/c1-18-11-13-21(14-12-18)29(25,26)27-17-20-16-24(15-19-7-3-2-4-8-19)22-9-5-6-10-23(22)28-20/h2-14,20H,15-17H2,1H3. The zero-order chi connectivity index (χ0) is 20.3. The van der Waals surface area contributed by atoms with Crippen molar-refractivity contribution in [2.24, 2.45) is 0 Å². The largest absolute Gasteiger partial charge is 0.484 e. The summed E-state index contributed by atoms with van der Waals surface area (Å²) >= 11 is 0. The molecule has 1 heterocycles. The smallest absolute Gasteiger partial charge is 0.297 e. The lowest BCUT2D eigenvalue weighted by atomic mass is 10.1. The van der Waals surface area contributed by atoms with Crippen LogP contribution in [0.3, 0.4) is 0 Å². The fourth-order valence-corrected chi connectivity index (χ4v) is 4.29. The Hall–Kier alpha value is -2.83. The van der Waals surface area contributed by atoms with Crippen LogP contribution in [0.2, 0.25) is 0 Å². The van der Waals surface area contributed by atoms with Gasteiger partial charge in [0.05, 0.1) is 17.1 Å². The lowest BCUT2D eigenvalue weighted by molar-refractivity contribution is 0.127. The summed E-state index contributed by atoms with van der Waals surface area (Å²) in [6, 6.07) is 24.6. The molecule has 1 aliphatic heterocycles. The Balaban J connectivity index is 1.49. The summed E-state index contributed by atoms with van der Waals surface area (Å²) in [4.78, 5) is 2.35. The van der Waals surface area contributed by atoms with Gasteiger partial charge < -0.3 is 9.64 Å². The average molecular weight is 410 g/mol. The maximum atomic E-state index is 12.5. The van der Waals surface area contributed by atoms with Crippen LogP contribution in [-0.4, -0.2) is 27.7 Å². The summed E-state index contributed by atoms with van der Waals surface area (Å²) in [7, 11) is -3.83. The van der Waals surface area contributed by atoms with E-state index in [0.29, 0.717) is 13.1 Å². The van der Waals surface area contributed by atoms with E-state index in [-0.39, 0.29) is 11.5 Å². The van der Waals surface area contributed by atoms with Crippen molar-refractivity contribution < 1.29 is 17.3 Å². The molecule has 1 atom stereocenters. The van der Waals surface area contributed by atoms with E-state index in [2.05, 4.69) is 17.0 Å². The van der Waals surface area contributed by atoms with Gasteiger partial charge in [0.25, 0.3) is 10.1 Å². The van der Waals surface area contributed by atoms with Crippen molar-refractivity contribution in [1.29, 1.82) is 0 Å². The molecule has 6 heteroatoms. The van der Waals surface area contributed by atoms with Crippen molar-refractivity contribution >= 4 is 15.8 Å². The number of ether oxygens (including phenoxy) is 1. The Morgan fingerprint density at radius 3 is 2.41 bits per heavy atom. The first kappa shape index (κ1) is 19.5. The summed E-state index contributed by atoms with van der Waals surface area (Å²) in [5.41, 5.74) is 3.16. The third-order valence-electron chi connectivity index (χ3n) is 4.86. The van der Waals surface area contributed by atoms with Crippen LogP contribution >= 0.6 is 0 Å². The zero-order valence-corrected chi connectivity index (χ0v) is 17.0. The van der Waals surface area contributed by atoms with Gasteiger partial charge in [-0.25, -0.2) is 0 Å². The molecule has 0 aliphatic carbocycles. The second kappa shape index (κ2) is 8.27. The molecule has 150 valence electrons. The van der Waals surface area contributed by atoms with Crippen LogP contribution in [0.1, 0.15) is 11.1 Å². The van der Waals surface area contributed by atoms with E-state index in [1.807, 2.05) is 49.4 Å². The van der Waals surface area contributed by atoms with Crippen molar-refractivity contribution in [2.75, 3.05) is 18.1 Å². The second-order valence-electron chi connectivity index (χ2n) is 7.13. The SMILES string of the molecule is Cc1ccc(S(=O)(=O)OCC2CN(Cc3ccccc3)c3ccccc3O2)cc1.